The lowest BCUT2D eigenvalue weighted by atomic mass is 10.1. The number of amides is 2. The van der Waals surface area contributed by atoms with Crippen LogP contribution >= 0.6 is 11.6 Å². The molecular formula is C21H38ClN7O2. The number of carbonyl (C=O) groups is 2. The van der Waals surface area contributed by atoms with Crippen LogP contribution in [0, 0.1) is 0 Å². The van der Waals surface area contributed by atoms with E-state index in [1.165, 1.54) is 6.20 Å². The topological polar surface area (TPSA) is 146 Å². The van der Waals surface area contributed by atoms with Gasteiger partial charge in [-0.2, -0.15) is 0 Å². The van der Waals surface area contributed by atoms with Gasteiger partial charge in [-0.1, -0.05) is 39.3 Å². The van der Waals surface area contributed by atoms with Gasteiger partial charge in [0.05, 0.1) is 24.4 Å². The molecule has 0 aliphatic carbocycles. The molecule has 0 spiro atoms. The molecule has 0 aliphatic heterocycles. The Balaban J connectivity index is 0.00000436. The SMILES string of the molecule is CC.CCCNC(NC(N)CC)/C(=C\N)C(=O)Nc1cc(Cl)cc(NC(=O)CNC)c1. The molecule has 0 aromatic heterocycles. The van der Waals surface area contributed by atoms with Crippen LogP contribution < -0.4 is 38.1 Å². The lowest BCUT2D eigenvalue weighted by Gasteiger charge is -2.25. The molecule has 0 heterocycles. The number of nitrogens with one attached hydrogen (secondary N) is 5. The second kappa shape index (κ2) is 16.5. The van der Waals surface area contributed by atoms with E-state index in [1.807, 2.05) is 27.7 Å². The Morgan fingerprint density at radius 2 is 1.74 bits per heavy atom. The van der Waals surface area contributed by atoms with Gasteiger partial charge in [0.2, 0.25) is 5.91 Å². The van der Waals surface area contributed by atoms with Crippen LogP contribution in [-0.4, -0.2) is 44.3 Å². The van der Waals surface area contributed by atoms with Crippen molar-refractivity contribution < 1.29 is 9.59 Å². The zero-order chi connectivity index (χ0) is 23.8. The van der Waals surface area contributed by atoms with E-state index in [4.69, 9.17) is 23.1 Å². The highest BCUT2D eigenvalue weighted by Gasteiger charge is 2.22. The average molecular weight is 456 g/mol. The molecule has 0 aliphatic rings. The minimum absolute atomic E-state index is 0.155. The molecule has 0 saturated heterocycles. The van der Waals surface area contributed by atoms with Gasteiger partial charge in [0.25, 0.3) is 5.91 Å². The van der Waals surface area contributed by atoms with E-state index in [1.54, 1.807) is 25.2 Å². The summed E-state index contributed by atoms with van der Waals surface area (Å²) >= 11 is 6.13. The molecule has 1 aromatic carbocycles. The average Bonchev–Trinajstić information content (AvgIpc) is 2.73. The number of nitrogens with two attached hydrogens (primary N) is 2. The summed E-state index contributed by atoms with van der Waals surface area (Å²) in [4.78, 5) is 24.6. The van der Waals surface area contributed by atoms with Gasteiger partial charge in [-0.05, 0) is 44.6 Å². The summed E-state index contributed by atoms with van der Waals surface area (Å²) in [5, 5.41) is 15.0. The summed E-state index contributed by atoms with van der Waals surface area (Å²) in [6, 6.07) is 4.80. The summed E-state index contributed by atoms with van der Waals surface area (Å²) in [7, 11) is 1.67. The van der Waals surface area contributed by atoms with Crippen LogP contribution in [0.25, 0.3) is 0 Å². The largest absolute Gasteiger partial charge is 0.404 e. The monoisotopic (exact) mass is 455 g/mol. The molecule has 0 radical (unpaired) electrons. The Morgan fingerprint density at radius 3 is 2.26 bits per heavy atom. The number of halogens is 1. The van der Waals surface area contributed by atoms with Gasteiger partial charge in [0.15, 0.2) is 0 Å². The molecular weight excluding hydrogens is 418 g/mol. The predicted octanol–water partition coefficient (Wildman–Crippen LogP) is 1.92. The van der Waals surface area contributed by atoms with Crippen LogP contribution in [0.15, 0.2) is 30.0 Å². The van der Waals surface area contributed by atoms with Crippen molar-refractivity contribution in [2.75, 3.05) is 30.8 Å². The Labute approximate surface area is 190 Å². The molecule has 2 amide bonds. The molecule has 31 heavy (non-hydrogen) atoms. The van der Waals surface area contributed by atoms with Gasteiger partial charge in [-0.25, -0.2) is 0 Å². The van der Waals surface area contributed by atoms with E-state index < -0.39 is 12.1 Å². The van der Waals surface area contributed by atoms with E-state index in [-0.39, 0.29) is 18.6 Å². The molecule has 176 valence electrons. The first-order valence-electron chi connectivity index (χ1n) is 10.6. The Hall–Kier alpha value is -2.17. The maximum Gasteiger partial charge on any atom is 0.256 e. The van der Waals surface area contributed by atoms with Crippen molar-refractivity contribution in [1.82, 2.24) is 16.0 Å². The van der Waals surface area contributed by atoms with Crippen LogP contribution in [0.5, 0.6) is 0 Å². The van der Waals surface area contributed by atoms with E-state index in [0.29, 0.717) is 34.9 Å². The van der Waals surface area contributed by atoms with Crippen LogP contribution in [0.1, 0.15) is 40.5 Å². The molecule has 9 N–H and O–H groups in total. The number of likely N-dealkylation sites (N-methyl/N-ethyl adjacent to an activating group) is 1. The predicted molar refractivity (Wildman–Crippen MR) is 130 cm³/mol. The molecule has 10 heteroatoms. The summed E-state index contributed by atoms with van der Waals surface area (Å²) in [6.07, 6.45) is 2.01. The normalized spacial score (nSPS) is 12.9. The molecule has 1 aromatic rings. The fourth-order valence-corrected chi connectivity index (χ4v) is 2.72. The van der Waals surface area contributed by atoms with Gasteiger partial charge in [-0.15, -0.1) is 0 Å². The third-order valence-corrected chi connectivity index (χ3v) is 4.17. The van der Waals surface area contributed by atoms with Gasteiger partial charge < -0.3 is 27.4 Å². The van der Waals surface area contributed by atoms with Crippen LogP contribution in [0.4, 0.5) is 11.4 Å². The zero-order valence-corrected chi connectivity index (χ0v) is 19.9. The zero-order valence-electron chi connectivity index (χ0n) is 19.1. The Kier molecular flexibility index (Phi) is 15.4. The molecule has 9 nitrogen and oxygen atoms in total. The van der Waals surface area contributed by atoms with Gasteiger partial charge in [0.1, 0.15) is 0 Å². The molecule has 0 saturated carbocycles. The highest BCUT2D eigenvalue weighted by molar-refractivity contribution is 6.31. The van der Waals surface area contributed by atoms with E-state index in [2.05, 4.69) is 26.6 Å². The second-order valence-corrected chi connectivity index (χ2v) is 6.89. The number of benzene rings is 1. The summed E-state index contributed by atoms with van der Waals surface area (Å²) < 4.78 is 0. The van der Waals surface area contributed by atoms with Crippen molar-refractivity contribution in [2.24, 2.45) is 11.5 Å². The highest BCUT2D eigenvalue weighted by Crippen LogP contribution is 2.23. The van der Waals surface area contributed by atoms with Crippen molar-refractivity contribution in [1.29, 1.82) is 0 Å². The Morgan fingerprint density at radius 1 is 1.13 bits per heavy atom. The number of rotatable bonds is 12. The quantitative estimate of drug-likeness (QED) is 0.188. The third kappa shape index (κ3) is 11.1. The van der Waals surface area contributed by atoms with E-state index in [0.717, 1.165) is 6.42 Å². The third-order valence-electron chi connectivity index (χ3n) is 3.95. The van der Waals surface area contributed by atoms with Crippen LogP contribution in [0.3, 0.4) is 0 Å². The second-order valence-electron chi connectivity index (χ2n) is 6.45. The van der Waals surface area contributed by atoms with Crippen molar-refractivity contribution in [3.63, 3.8) is 0 Å². The van der Waals surface area contributed by atoms with Crippen LogP contribution in [-0.2, 0) is 9.59 Å². The minimum atomic E-state index is -0.510. The Bertz CT molecular complexity index is 713. The van der Waals surface area contributed by atoms with Crippen LogP contribution in [0.2, 0.25) is 5.02 Å². The maximum absolute atomic E-state index is 12.8. The minimum Gasteiger partial charge on any atom is -0.404 e. The first kappa shape index (κ1) is 28.8. The number of hydrogen-bond donors (Lipinski definition) is 7. The van der Waals surface area contributed by atoms with Gasteiger partial charge in [0, 0.05) is 22.6 Å². The summed E-state index contributed by atoms with van der Waals surface area (Å²) in [5.41, 5.74) is 12.9. The van der Waals surface area contributed by atoms with Crippen molar-refractivity contribution >= 4 is 34.8 Å². The summed E-state index contributed by atoms with van der Waals surface area (Å²) in [5.74, 6) is -0.636. The number of carbonyl (C=O) groups excluding carboxylic acids is 2. The first-order valence-corrected chi connectivity index (χ1v) is 11.0. The summed E-state index contributed by atoms with van der Waals surface area (Å²) in [6.45, 7) is 8.79. The number of hydrogen-bond acceptors (Lipinski definition) is 7. The maximum atomic E-state index is 12.8. The standard InChI is InChI=1S/C19H32ClN7O2.C2H6/c1-4-6-24-18(27-16(22)5-2)15(10-21)19(29)26-14-8-12(20)7-13(9-14)25-17(28)11-23-3;1-2/h7-10,16,18,23-24,27H,4-6,11,21-22H2,1-3H3,(H,25,28)(H,26,29);1-2H3/b15-10+;. The fraction of sp³-hybridized carbons (Fsp3) is 0.524. The van der Waals surface area contributed by atoms with E-state index in [9.17, 15) is 9.59 Å². The molecule has 1 rings (SSSR count). The number of anilines is 2. The highest BCUT2D eigenvalue weighted by atomic mass is 35.5. The van der Waals surface area contributed by atoms with Crippen molar-refractivity contribution in [3.8, 4) is 0 Å². The lowest BCUT2D eigenvalue weighted by molar-refractivity contribution is -0.115. The molecule has 0 fully saturated rings. The van der Waals surface area contributed by atoms with Gasteiger partial charge >= 0.3 is 0 Å². The van der Waals surface area contributed by atoms with Gasteiger partial charge in [-0.3, -0.25) is 20.2 Å². The lowest BCUT2D eigenvalue weighted by Crippen LogP contribution is -2.53. The molecule has 2 unspecified atom stereocenters. The molecule has 2 atom stereocenters. The van der Waals surface area contributed by atoms with E-state index >= 15 is 0 Å². The smallest absolute Gasteiger partial charge is 0.256 e. The van der Waals surface area contributed by atoms with Crippen molar-refractivity contribution in [3.05, 3.63) is 35.0 Å². The molecule has 0 bridgehead atoms. The fourth-order valence-electron chi connectivity index (χ4n) is 2.49. The first-order chi connectivity index (χ1) is 14.8. The van der Waals surface area contributed by atoms with Crippen molar-refractivity contribution in [2.45, 2.75) is 52.9 Å².